The molecule has 1 aliphatic heterocycles. The van der Waals surface area contributed by atoms with Crippen molar-refractivity contribution in [1.82, 2.24) is 19.8 Å². The second kappa shape index (κ2) is 8.64. The quantitative estimate of drug-likeness (QED) is 0.587. The molecule has 0 saturated carbocycles. The standard InChI is InChI=1S/C19H28N6O2S/c1-15-8-10-24(13-18(15)25-11-9-21-14-25)19(20-2)22-12-16-6-4-5-7-17(16)23-28(3,26)27/h4-7,9,11,14-15,18,23H,8,10,12-13H2,1-3H3,(H,20,22). The molecule has 2 unspecified atom stereocenters. The maximum atomic E-state index is 11.6. The lowest BCUT2D eigenvalue weighted by molar-refractivity contribution is 0.189. The molecule has 28 heavy (non-hydrogen) atoms. The number of benzene rings is 1. The Balaban J connectivity index is 1.69. The molecule has 1 fully saturated rings. The Morgan fingerprint density at radius 2 is 2.14 bits per heavy atom. The van der Waals surface area contributed by atoms with Crippen molar-refractivity contribution < 1.29 is 8.42 Å². The van der Waals surface area contributed by atoms with Crippen LogP contribution in [0.2, 0.25) is 0 Å². The van der Waals surface area contributed by atoms with E-state index in [9.17, 15) is 8.42 Å². The third-order valence-corrected chi connectivity index (χ3v) is 5.68. The summed E-state index contributed by atoms with van der Waals surface area (Å²) in [5.74, 6) is 1.37. The van der Waals surface area contributed by atoms with E-state index in [1.54, 1.807) is 13.1 Å². The molecule has 3 rings (SSSR count). The van der Waals surface area contributed by atoms with Crippen LogP contribution in [-0.4, -0.2) is 55.2 Å². The van der Waals surface area contributed by atoms with E-state index in [4.69, 9.17) is 0 Å². The average molecular weight is 405 g/mol. The predicted molar refractivity (Wildman–Crippen MR) is 112 cm³/mol. The van der Waals surface area contributed by atoms with E-state index in [1.165, 1.54) is 0 Å². The predicted octanol–water partition coefficient (Wildman–Crippen LogP) is 1.91. The lowest BCUT2D eigenvalue weighted by Crippen LogP contribution is -2.48. The van der Waals surface area contributed by atoms with Gasteiger partial charge in [-0.3, -0.25) is 9.71 Å². The molecule has 1 saturated heterocycles. The van der Waals surface area contributed by atoms with Crippen molar-refractivity contribution in [1.29, 1.82) is 0 Å². The fourth-order valence-electron chi connectivity index (χ4n) is 3.58. The summed E-state index contributed by atoms with van der Waals surface area (Å²) < 4.78 is 27.9. The van der Waals surface area contributed by atoms with Gasteiger partial charge < -0.3 is 14.8 Å². The molecule has 1 aliphatic rings. The third-order valence-electron chi connectivity index (χ3n) is 5.09. The maximum absolute atomic E-state index is 11.6. The van der Waals surface area contributed by atoms with Crippen LogP contribution in [0.1, 0.15) is 24.9 Å². The van der Waals surface area contributed by atoms with Gasteiger partial charge in [-0.1, -0.05) is 25.1 Å². The third kappa shape index (κ3) is 5.03. The highest BCUT2D eigenvalue weighted by atomic mass is 32.2. The molecule has 0 aliphatic carbocycles. The molecule has 152 valence electrons. The van der Waals surface area contributed by atoms with Crippen molar-refractivity contribution in [2.24, 2.45) is 10.9 Å². The normalized spacial score (nSPS) is 20.8. The zero-order valence-corrected chi connectivity index (χ0v) is 17.4. The van der Waals surface area contributed by atoms with Gasteiger partial charge in [0.15, 0.2) is 5.96 Å². The van der Waals surface area contributed by atoms with Crippen LogP contribution in [0.3, 0.4) is 0 Å². The maximum Gasteiger partial charge on any atom is 0.229 e. The number of anilines is 1. The van der Waals surface area contributed by atoms with E-state index < -0.39 is 10.0 Å². The zero-order chi connectivity index (χ0) is 20.1. The first-order valence-corrected chi connectivity index (χ1v) is 11.2. The van der Waals surface area contributed by atoms with E-state index in [-0.39, 0.29) is 0 Å². The number of nitrogens with one attached hydrogen (secondary N) is 2. The lowest BCUT2D eigenvalue weighted by Gasteiger charge is -2.39. The van der Waals surface area contributed by atoms with Crippen molar-refractivity contribution in [2.75, 3.05) is 31.1 Å². The molecular formula is C19H28N6O2S. The van der Waals surface area contributed by atoms with Gasteiger partial charge in [0, 0.05) is 39.1 Å². The van der Waals surface area contributed by atoms with Gasteiger partial charge in [-0.25, -0.2) is 13.4 Å². The molecule has 9 heteroatoms. The molecule has 2 atom stereocenters. The molecule has 0 bridgehead atoms. The van der Waals surface area contributed by atoms with Gasteiger partial charge >= 0.3 is 0 Å². The van der Waals surface area contributed by atoms with Crippen LogP contribution < -0.4 is 10.0 Å². The number of hydrogen-bond acceptors (Lipinski definition) is 4. The summed E-state index contributed by atoms with van der Waals surface area (Å²) in [5, 5.41) is 3.38. The van der Waals surface area contributed by atoms with E-state index in [0.717, 1.165) is 37.3 Å². The van der Waals surface area contributed by atoms with E-state index in [1.807, 2.05) is 36.9 Å². The molecule has 2 N–H and O–H groups in total. The van der Waals surface area contributed by atoms with Gasteiger partial charge in [0.1, 0.15) is 0 Å². The van der Waals surface area contributed by atoms with Crippen LogP contribution in [0, 0.1) is 5.92 Å². The summed E-state index contributed by atoms with van der Waals surface area (Å²) in [4.78, 5) is 10.9. The number of guanidine groups is 1. The summed E-state index contributed by atoms with van der Waals surface area (Å²) in [6, 6.07) is 7.71. The first kappa shape index (κ1) is 20.2. The number of aromatic nitrogens is 2. The number of sulfonamides is 1. The van der Waals surface area contributed by atoms with Gasteiger partial charge in [0.2, 0.25) is 10.0 Å². The zero-order valence-electron chi connectivity index (χ0n) is 16.5. The first-order valence-electron chi connectivity index (χ1n) is 9.36. The summed E-state index contributed by atoms with van der Waals surface area (Å²) in [6.07, 6.45) is 7.91. The Morgan fingerprint density at radius 3 is 2.82 bits per heavy atom. The SMILES string of the molecule is CN=C(NCc1ccccc1NS(C)(=O)=O)N1CCC(C)C(n2ccnc2)C1. The molecular weight excluding hydrogens is 376 g/mol. The van der Waals surface area contributed by atoms with E-state index in [0.29, 0.717) is 24.2 Å². The largest absolute Gasteiger partial charge is 0.352 e. The lowest BCUT2D eigenvalue weighted by atomic mass is 9.93. The number of imidazole rings is 1. The molecule has 0 amide bonds. The Morgan fingerprint density at radius 1 is 1.36 bits per heavy atom. The van der Waals surface area contributed by atoms with Crippen LogP contribution in [0.5, 0.6) is 0 Å². The monoisotopic (exact) mass is 404 g/mol. The van der Waals surface area contributed by atoms with Gasteiger partial charge in [-0.15, -0.1) is 0 Å². The van der Waals surface area contributed by atoms with Crippen molar-refractivity contribution >= 4 is 21.7 Å². The second-order valence-electron chi connectivity index (χ2n) is 7.22. The van der Waals surface area contributed by atoms with Crippen LogP contribution in [0.4, 0.5) is 5.69 Å². The number of rotatable bonds is 5. The highest BCUT2D eigenvalue weighted by Crippen LogP contribution is 2.27. The first-order chi connectivity index (χ1) is 13.4. The highest BCUT2D eigenvalue weighted by molar-refractivity contribution is 7.92. The fourth-order valence-corrected chi connectivity index (χ4v) is 4.17. The Hall–Kier alpha value is -2.55. The number of hydrogen-bond donors (Lipinski definition) is 2. The fraction of sp³-hybridized carbons (Fsp3) is 0.474. The number of piperidine rings is 1. The molecule has 1 aromatic carbocycles. The minimum Gasteiger partial charge on any atom is -0.352 e. The van der Waals surface area contributed by atoms with E-state index in [2.05, 4.69) is 36.4 Å². The van der Waals surface area contributed by atoms with Crippen molar-refractivity contribution in [3.8, 4) is 0 Å². The number of nitrogens with zero attached hydrogens (tertiary/aromatic N) is 4. The van der Waals surface area contributed by atoms with Crippen molar-refractivity contribution in [3.05, 3.63) is 48.5 Å². The number of likely N-dealkylation sites (tertiary alicyclic amines) is 1. The minimum absolute atomic E-state index is 0.342. The summed E-state index contributed by atoms with van der Waals surface area (Å²) in [5.41, 5.74) is 1.45. The Bertz CT molecular complexity index is 910. The smallest absolute Gasteiger partial charge is 0.229 e. The number of para-hydroxylation sites is 1. The van der Waals surface area contributed by atoms with Gasteiger partial charge in [0.25, 0.3) is 0 Å². The van der Waals surface area contributed by atoms with Gasteiger partial charge in [0.05, 0.1) is 24.3 Å². The average Bonchev–Trinajstić information content (AvgIpc) is 3.18. The van der Waals surface area contributed by atoms with Gasteiger partial charge in [-0.05, 0) is 24.0 Å². The highest BCUT2D eigenvalue weighted by Gasteiger charge is 2.28. The molecule has 0 spiro atoms. The summed E-state index contributed by atoms with van der Waals surface area (Å²) >= 11 is 0. The topological polar surface area (TPSA) is 91.6 Å². The molecule has 0 radical (unpaired) electrons. The minimum atomic E-state index is -3.33. The van der Waals surface area contributed by atoms with Crippen LogP contribution in [0.15, 0.2) is 48.0 Å². The van der Waals surface area contributed by atoms with Gasteiger partial charge in [-0.2, -0.15) is 0 Å². The van der Waals surface area contributed by atoms with Crippen LogP contribution in [-0.2, 0) is 16.6 Å². The van der Waals surface area contributed by atoms with Crippen molar-refractivity contribution in [3.63, 3.8) is 0 Å². The molecule has 8 nitrogen and oxygen atoms in total. The number of aliphatic imine (C=N–C) groups is 1. The Labute approximate surface area is 166 Å². The van der Waals surface area contributed by atoms with Crippen LogP contribution in [0.25, 0.3) is 0 Å². The van der Waals surface area contributed by atoms with Crippen molar-refractivity contribution in [2.45, 2.75) is 25.9 Å². The molecule has 2 aromatic rings. The summed E-state index contributed by atoms with van der Waals surface area (Å²) in [7, 11) is -1.56. The molecule has 1 aromatic heterocycles. The van der Waals surface area contributed by atoms with E-state index >= 15 is 0 Å². The Kier molecular flexibility index (Phi) is 6.23. The second-order valence-corrected chi connectivity index (χ2v) is 8.97. The summed E-state index contributed by atoms with van der Waals surface area (Å²) in [6.45, 7) is 4.52. The van der Waals surface area contributed by atoms with Crippen LogP contribution >= 0.6 is 0 Å². The molecule has 2 heterocycles.